The lowest BCUT2D eigenvalue weighted by atomic mass is 10.1. The summed E-state index contributed by atoms with van der Waals surface area (Å²) in [4.78, 5) is 42.5. The van der Waals surface area contributed by atoms with Crippen LogP contribution in [0, 0.1) is 13.8 Å². The van der Waals surface area contributed by atoms with Crippen molar-refractivity contribution in [1.29, 1.82) is 0 Å². The van der Waals surface area contributed by atoms with Gasteiger partial charge in [0.15, 0.2) is 5.65 Å². The van der Waals surface area contributed by atoms with Crippen molar-refractivity contribution in [2.24, 2.45) is 0 Å². The Hall–Kier alpha value is -3.55. The smallest absolute Gasteiger partial charge is 0.261 e. The number of amides is 3. The first-order chi connectivity index (χ1) is 13.4. The second kappa shape index (κ2) is 6.88. The maximum Gasteiger partial charge on any atom is 0.261 e. The molecule has 28 heavy (non-hydrogen) atoms. The first-order valence-corrected chi connectivity index (χ1v) is 9.03. The molecule has 1 N–H and O–H groups in total. The summed E-state index contributed by atoms with van der Waals surface area (Å²) in [5.74, 6) is -0.132. The predicted molar refractivity (Wildman–Crippen MR) is 102 cm³/mol. The Labute approximate surface area is 161 Å². The second-order valence-corrected chi connectivity index (χ2v) is 6.80. The van der Waals surface area contributed by atoms with Crippen LogP contribution in [0.3, 0.4) is 0 Å². The standard InChI is InChI=1S/C20H19N5O3/c1-12-10-14(11-25-18(12)21-13(2)23-25)22-17(26)8-5-9-24-19(27)15-6-3-4-7-16(15)20(24)28/h3-4,6-7,10-11H,5,8-9H2,1-2H3,(H,22,26). The number of nitrogens with zero attached hydrogens (tertiary/aromatic N) is 4. The number of carbonyl (C=O) groups is 3. The molecule has 142 valence electrons. The highest BCUT2D eigenvalue weighted by Crippen LogP contribution is 2.22. The van der Waals surface area contributed by atoms with Gasteiger partial charge in [0.1, 0.15) is 5.82 Å². The maximum absolute atomic E-state index is 12.3. The van der Waals surface area contributed by atoms with E-state index in [2.05, 4.69) is 15.4 Å². The molecule has 1 aliphatic heterocycles. The van der Waals surface area contributed by atoms with Crippen LogP contribution in [0.15, 0.2) is 36.5 Å². The number of benzene rings is 1. The molecule has 0 bridgehead atoms. The van der Waals surface area contributed by atoms with Crippen molar-refractivity contribution in [2.45, 2.75) is 26.7 Å². The molecule has 3 aromatic rings. The predicted octanol–water partition coefficient (Wildman–Crippen LogP) is 2.36. The zero-order valence-corrected chi connectivity index (χ0v) is 15.6. The van der Waals surface area contributed by atoms with Crippen LogP contribution < -0.4 is 5.32 Å². The molecule has 1 aliphatic rings. The fraction of sp³-hybridized carbons (Fsp3) is 0.250. The van der Waals surface area contributed by atoms with Gasteiger partial charge in [0.2, 0.25) is 5.91 Å². The normalized spacial score (nSPS) is 13.3. The molecular formula is C20H19N5O3. The van der Waals surface area contributed by atoms with Gasteiger partial charge in [-0.15, -0.1) is 0 Å². The van der Waals surface area contributed by atoms with Gasteiger partial charge in [0.25, 0.3) is 11.8 Å². The third-order valence-electron chi connectivity index (χ3n) is 4.67. The molecular weight excluding hydrogens is 358 g/mol. The minimum absolute atomic E-state index is 0.188. The summed E-state index contributed by atoms with van der Waals surface area (Å²) in [6, 6.07) is 8.59. The monoisotopic (exact) mass is 377 g/mol. The van der Waals surface area contributed by atoms with Gasteiger partial charge in [-0.25, -0.2) is 9.50 Å². The van der Waals surface area contributed by atoms with Crippen molar-refractivity contribution in [3.63, 3.8) is 0 Å². The number of hydrogen-bond acceptors (Lipinski definition) is 5. The number of hydrogen-bond donors (Lipinski definition) is 1. The molecule has 0 fully saturated rings. The average Bonchev–Trinajstić information content (AvgIpc) is 3.15. The topological polar surface area (TPSA) is 96.7 Å². The Kier molecular flexibility index (Phi) is 4.38. The number of pyridine rings is 1. The molecule has 0 radical (unpaired) electrons. The van der Waals surface area contributed by atoms with Crippen molar-refractivity contribution in [1.82, 2.24) is 19.5 Å². The van der Waals surface area contributed by atoms with Gasteiger partial charge >= 0.3 is 0 Å². The molecule has 0 saturated carbocycles. The van der Waals surface area contributed by atoms with E-state index in [-0.39, 0.29) is 30.7 Å². The van der Waals surface area contributed by atoms with Crippen molar-refractivity contribution in [2.75, 3.05) is 11.9 Å². The number of aryl methyl sites for hydroxylation is 2. The van der Waals surface area contributed by atoms with Crippen LogP contribution in [0.25, 0.3) is 5.65 Å². The fourth-order valence-corrected chi connectivity index (χ4v) is 3.39. The Bertz CT molecular complexity index is 1080. The minimum Gasteiger partial charge on any atom is -0.325 e. The number of rotatable bonds is 5. The summed E-state index contributed by atoms with van der Waals surface area (Å²) >= 11 is 0. The zero-order valence-electron chi connectivity index (χ0n) is 15.6. The summed E-state index contributed by atoms with van der Waals surface area (Å²) in [6.45, 7) is 3.92. The Morgan fingerprint density at radius 3 is 2.46 bits per heavy atom. The SMILES string of the molecule is Cc1nc2c(C)cc(NC(=O)CCCN3C(=O)c4ccccc4C3=O)cn2n1. The molecule has 2 aromatic heterocycles. The Morgan fingerprint density at radius 2 is 1.79 bits per heavy atom. The third-order valence-corrected chi connectivity index (χ3v) is 4.67. The Balaban J connectivity index is 1.36. The second-order valence-electron chi connectivity index (χ2n) is 6.80. The lowest BCUT2D eigenvalue weighted by molar-refractivity contribution is -0.116. The molecule has 0 saturated heterocycles. The van der Waals surface area contributed by atoms with Gasteiger partial charge in [0, 0.05) is 13.0 Å². The first kappa shape index (κ1) is 17.8. The lowest BCUT2D eigenvalue weighted by Crippen LogP contribution is -2.31. The number of fused-ring (bicyclic) bond motifs is 2. The summed E-state index contributed by atoms with van der Waals surface area (Å²) in [7, 11) is 0. The van der Waals surface area contributed by atoms with Gasteiger partial charge in [-0.05, 0) is 44.0 Å². The van der Waals surface area contributed by atoms with E-state index in [1.165, 1.54) is 4.90 Å². The van der Waals surface area contributed by atoms with Crippen LogP contribution in [-0.4, -0.2) is 43.8 Å². The van der Waals surface area contributed by atoms with Crippen LogP contribution in [0.4, 0.5) is 5.69 Å². The van der Waals surface area contributed by atoms with E-state index in [1.54, 1.807) is 35.0 Å². The van der Waals surface area contributed by atoms with E-state index in [0.29, 0.717) is 29.1 Å². The summed E-state index contributed by atoms with van der Waals surface area (Å²) in [6.07, 6.45) is 2.30. The molecule has 0 spiro atoms. The van der Waals surface area contributed by atoms with Gasteiger partial charge in [-0.2, -0.15) is 5.10 Å². The van der Waals surface area contributed by atoms with Gasteiger partial charge in [-0.3, -0.25) is 19.3 Å². The van der Waals surface area contributed by atoms with E-state index in [4.69, 9.17) is 0 Å². The molecule has 0 atom stereocenters. The number of nitrogens with one attached hydrogen (secondary N) is 1. The van der Waals surface area contributed by atoms with Crippen molar-refractivity contribution in [3.05, 3.63) is 59.0 Å². The number of imide groups is 1. The highest BCUT2D eigenvalue weighted by Gasteiger charge is 2.34. The van der Waals surface area contributed by atoms with Crippen molar-refractivity contribution in [3.8, 4) is 0 Å². The number of anilines is 1. The fourth-order valence-electron chi connectivity index (χ4n) is 3.39. The van der Waals surface area contributed by atoms with Gasteiger partial charge in [0.05, 0.1) is 23.0 Å². The minimum atomic E-state index is -0.302. The molecule has 3 amide bonds. The quantitative estimate of drug-likeness (QED) is 0.689. The summed E-state index contributed by atoms with van der Waals surface area (Å²) in [5, 5.41) is 7.10. The highest BCUT2D eigenvalue weighted by molar-refractivity contribution is 6.21. The largest absolute Gasteiger partial charge is 0.325 e. The molecule has 8 nitrogen and oxygen atoms in total. The number of aromatic nitrogens is 3. The molecule has 0 aliphatic carbocycles. The zero-order chi connectivity index (χ0) is 19.8. The summed E-state index contributed by atoms with van der Waals surface area (Å²) in [5.41, 5.74) is 3.12. The molecule has 1 aromatic carbocycles. The Morgan fingerprint density at radius 1 is 1.11 bits per heavy atom. The van der Waals surface area contributed by atoms with E-state index < -0.39 is 0 Å². The summed E-state index contributed by atoms with van der Waals surface area (Å²) < 4.78 is 1.64. The van der Waals surface area contributed by atoms with Gasteiger partial charge < -0.3 is 5.32 Å². The van der Waals surface area contributed by atoms with Crippen molar-refractivity contribution < 1.29 is 14.4 Å². The molecule has 0 unspecified atom stereocenters. The van der Waals surface area contributed by atoms with E-state index >= 15 is 0 Å². The van der Waals surface area contributed by atoms with Gasteiger partial charge in [-0.1, -0.05) is 12.1 Å². The van der Waals surface area contributed by atoms with E-state index in [9.17, 15) is 14.4 Å². The highest BCUT2D eigenvalue weighted by atomic mass is 16.2. The lowest BCUT2D eigenvalue weighted by Gasteiger charge is -2.13. The van der Waals surface area contributed by atoms with E-state index in [1.807, 2.05) is 19.9 Å². The van der Waals surface area contributed by atoms with Crippen LogP contribution in [0.1, 0.15) is 44.9 Å². The van der Waals surface area contributed by atoms with Crippen LogP contribution in [-0.2, 0) is 4.79 Å². The van der Waals surface area contributed by atoms with Crippen LogP contribution in [0.2, 0.25) is 0 Å². The van der Waals surface area contributed by atoms with Crippen LogP contribution in [0.5, 0.6) is 0 Å². The maximum atomic E-state index is 12.3. The average molecular weight is 377 g/mol. The van der Waals surface area contributed by atoms with Crippen LogP contribution >= 0.6 is 0 Å². The third kappa shape index (κ3) is 3.13. The molecule has 8 heteroatoms. The first-order valence-electron chi connectivity index (χ1n) is 9.03. The van der Waals surface area contributed by atoms with Crippen molar-refractivity contribution >= 4 is 29.1 Å². The molecule has 4 rings (SSSR count). The van der Waals surface area contributed by atoms with E-state index in [0.717, 1.165) is 11.2 Å². The number of carbonyl (C=O) groups excluding carboxylic acids is 3. The molecule has 3 heterocycles.